The Hall–Kier alpha value is -4.50. The molecule has 0 fully saturated rings. The Labute approximate surface area is 262 Å². The minimum Gasteiger partial charge on any atom is -0.514 e. The van der Waals surface area contributed by atoms with Crippen LogP contribution in [0, 0.1) is 32.6 Å². The van der Waals surface area contributed by atoms with Crippen LogP contribution in [0.1, 0.15) is 11.1 Å². The molecule has 6 aromatic rings. The molecule has 0 saturated heterocycles. The zero-order valence-electron chi connectivity index (χ0n) is 23.5. The maximum atomic E-state index is 4.46. The van der Waals surface area contributed by atoms with Gasteiger partial charge in [0, 0.05) is 17.6 Å². The summed E-state index contributed by atoms with van der Waals surface area (Å²) in [5, 5.41) is 3.23. The molecule has 0 saturated carbocycles. The summed E-state index contributed by atoms with van der Waals surface area (Å²) in [6.07, 6.45) is 1.82. The molecule has 1 N–H and O–H groups in total. The van der Waals surface area contributed by atoms with Crippen LogP contribution in [0.15, 0.2) is 134 Å². The number of fused-ring (bicyclic) bond motifs is 1. The van der Waals surface area contributed by atoms with Gasteiger partial charge in [0.25, 0.3) is 0 Å². The van der Waals surface area contributed by atoms with E-state index in [2.05, 4.69) is 108 Å². The third-order valence-corrected chi connectivity index (χ3v) is 7.20. The van der Waals surface area contributed by atoms with Gasteiger partial charge in [0.15, 0.2) is 0 Å². The summed E-state index contributed by atoms with van der Waals surface area (Å²) in [5.41, 5.74) is 12.9. The monoisotopic (exact) mass is 721 g/mol. The maximum absolute atomic E-state index is 4.46. The SMILES string of the molecule is Cc1cccc(C)c1-c1ccccc1-c1cc[c-]c(-c2ccccn2)c1.[Ir+3].[c-]1ccccc1N1[CH-]Nc2ccccc21. The second kappa shape index (κ2) is 13.4. The molecule has 1 aromatic heterocycles. The van der Waals surface area contributed by atoms with E-state index in [0.29, 0.717) is 0 Å². The second-order valence-corrected chi connectivity index (χ2v) is 9.93. The number of aromatic nitrogens is 1. The molecule has 1 aliphatic rings. The fraction of sp³-hybridized carbons (Fsp3) is 0.0526. The van der Waals surface area contributed by atoms with E-state index < -0.39 is 0 Å². The van der Waals surface area contributed by atoms with E-state index in [0.717, 1.165) is 22.6 Å². The normalized spacial score (nSPS) is 11.4. The van der Waals surface area contributed by atoms with E-state index in [1.165, 1.54) is 39.1 Å². The molecule has 5 aromatic carbocycles. The molecule has 0 spiro atoms. The van der Waals surface area contributed by atoms with Crippen LogP contribution in [0.4, 0.5) is 17.1 Å². The molecule has 42 heavy (non-hydrogen) atoms. The number of nitrogens with zero attached hydrogens (tertiary/aromatic N) is 2. The Kier molecular flexibility index (Phi) is 9.28. The minimum absolute atomic E-state index is 0. The van der Waals surface area contributed by atoms with Crippen LogP contribution in [-0.4, -0.2) is 4.98 Å². The van der Waals surface area contributed by atoms with Crippen LogP contribution in [0.5, 0.6) is 0 Å². The first-order chi connectivity index (χ1) is 20.2. The van der Waals surface area contributed by atoms with Crippen LogP contribution in [-0.2, 0) is 20.1 Å². The molecule has 0 bridgehead atoms. The maximum Gasteiger partial charge on any atom is 3.00 e. The van der Waals surface area contributed by atoms with Gasteiger partial charge in [0.05, 0.1) is 0 Å². The Morgan fingerprint density at radius 3 is 2.19 bits per heavy atom. The first-order valence-electron chi connectivity index (χ1n) is 13.7. The van der Waals surface area contributed by atoms with Gasteiger partial charge in [-0.25, -0.2) is 0 Å². The van der Waals surface area contributed by atoms with Crippen molar-refractivity contribution >= 4 is 17.1 Å². The molecule has 4 heteroatoms. The Morgan fingerprint density at radius 2 is 1.43 bits per heavy atom. The Balaban J connectivity index is 0.000000187. The first kappa shape index (κ1) is 29.0. The number of pyridine rings is 1. The number of hydrogen-bond donors (Lipinski definition) is 1. The predicted molar refractivity (Wildman–Crippen MR) is 171 cm³/mol. The number of rotatable bonds is 4. The van der Waals surface area contributed by atoms with Crippen molar-refractivity contribution in [1.29, 1.82) is 0 Å². The van der Waals surface area contributed by atoms with Crippen molar-refractivity contribution in [2.75, 3.05) is 10.2 Å². The quantitative estimate of drug-likeness (QED) is 0.184. The Morgan fingerprint density at radius 1 is 0.690 bits per heavy atom. The third-order valence-electron chi connectivity index (χ3n) is 7.20. The van der Waals surface area contributed by atoms with E-state index in [9.17, 15) is 0 Å². The van der Waals surface area contributed by atoms with Crippen molar-refractivity contribution in [3.63, 3.8) is 0 Å². The predicted octanol–water partition coefficient (Wildman–Crippen LogP) is 9.67. The van der Waals surface area contributed by atoms with Gasteiger partial charge >= 0.3 is 20.1 Å². The molecule has 0 radical (unpaired) electrons. The minimum atomic E-state index is 0. The van der Waals surface area contributed by atoms with E-state index in [1.807, 2.05) is 73.5 Å². The summed E-state index contributed by atoms with van der Waals surface area (Å²) >= 11 is 0. The summed E-state index contributed by atoms with van der Waals surface area (Å²) < 4.78 is 0. The average molecular weight is 721 g/mol. The summed E-state index contributed by atoms with van der Waals surface area (Å²) in [6, 6.07) is 50.0. The van der Waals surface area contributed by atoms with Crippen molar-refractivity contribution in [3.8, 4) is 33.5 Å². The fourth-order valence-electron chi connectivity index (χ4n) is 5.24. The van der Waals surface area contributed by atoms with Crippen LogP contribution in [0.25, 0.3) is 33.5 Å². The molecular formula is C38H30IrN3. The van der Waals surface area contributed by atoms with Crippen LogP contribution in [0.2, 0.25) is 0 Å². The summed E-state index contributed by atoms with van der Waals surface area (Å²) in [6.45, 7) is 6.31. The zero-order chi connectivity index (χ0) is 28.0. The number of nitrogens with one attached hydrogen (secondary N) is 1. The summed E-state index contributed by atoms with van der Waals surface area (Å²) in [7, 11) is 0. The van der Waals surface area contributed by atoms with Gasteiger partial charge in [-0.3, -0.25) is 0 Å². The first-order valence-corrected chi connectivity index (χ1v) is 13.7. The number of hydrogen-bond acceptors (Lipinski definition) is 3. The van der Waals surface area contributed by atoms with Crippen molar-refractivity contribution < 1.29 is 20.1 Å². The van der Waals surface area contributed by atoms with Gasteiger partial charge < -0.3 is 15.2 Å². The van der Waals surface area contributed by atoms with Crippen LogP contribution in [0.3, 0.4) is 0 Å². The molecule has 0 unspecified atom stereocenters. The molecule has 3 nitrogen and oxygen atoms in total. The summed E-state index contributed by atoms with van der Waals surface area (Å²) in [4.78, 5) is 6.55. The Bertz CT molecular complexity index is 1750. The van der Waals surface area contributed by atoms with Gasteiger partial charge in [0.2, 0.25) is 0 Å². The van der Waals surface area contributed by atoms with Crippen molar-refractivity contribution in [2.24, 2.45) is 0 Å². The van der Waals surface area contributed by atoms with E-state index in [-0.39, 0.29) is 20.1 Å². The third kappa shape index (κ3) is 6.21. The summed E-state index contributed by atoms with van der Waals surface area (Å²) in [5.74, 6) is 0. The molecule has 1 aliphatic heterocycles. The topological polar surface area (TPSA) is 28.2 Å². The molecular weight excluding hydrogens is 691 g/mol. The number of para-hydroxylation sites is 3. The van der Waals surface area contributed by atoms with Crippen LogP contribution < -0.4 is 10.2 Å². The van der Waals surface area contributed by atoms with Crippen molar-refractivity contribution in [1.82, 2.24) is 4.98 Å². The smallest absolute Gasteiger partial charge is 0.514 e. The van der Waals surface area contributed by atoms with Crippen molar-refractivity contribution in [2.45, 2.75) is 13.8 Å². The van der Waals surface area contributed by atoms with E-state index in [1.54, 1.807) is 0 Å². The molecule has 2 heterocycles. The molecule has 0 amide bonds. The van der Waals surface area contributed by atoms with E-state index in [4.69, 9.17) is 0 Å². The number of anilines is 3. The van der Waals surface area contributed by atoms with Gasteiger partial charge in [-0.05, 0) is 65.6 Å². The average Bonchev–Trinajstić information content (AvgIpc) is 3.47. The van der Waals surface area contributed by atoms with Crippen molar-refractivity contribution in [3.05, 3.63) is 164 Å². The standard InChI is InChI=1S/C25H20N.C13H10N2.Ir/c1-18-9-7-10-19(2)25(18)23-14-4-3-13-22(23)20-11-8-12-21(17-20)24-15-5-6-16-26-24;1-2-6-11(7-3-1)15-10-14-12-8-4-5-9-13(12)15;/h3-11,13-17H,1-2H3;1-6,8-10,14H;/q-1;-2;+3. The fourth-order valence-corrected chi connectivity index (χ4v) is 5.24. The molecule has 0 aliphatic carbocycles. The van der Waals surface area contributed by atoms with Gasteiger partial charge in [-0.15, -0.1) is 41.1 Å². The largest absolute Gasteiger partial charge is 3.00 e. The number of aryl methyl sites for hydroxylation is 2. The van der Waals surface area contributed by atoms with E-state index >= 15 is 0 Å². The molecule has 206 valence electrons. The zero-order valence-corrected chi connectivity index (χ0v) is 25.9. The van der Waals surface area contributed by atoms with Crippen LogP contribution >= 0.6 is 0 Å². The van der Waals surface area contributed by atoms with Gasteiger partial charge in [-0.2, -0.15) is 37.0 Å². The van der Waals surface area contributed by atoms with Gasteiger partial charge in [-0.1, -0.05) is 66.7 Å². The number of benzene rings is 5. The molecule has 0 atom stereocenters. The van der Waals surface area contributed by atoms with Gasteiger partial charge in [0.1, 0.15) is 0 Å². The second-order valence-electron chi connectivity index (χ2n) is 9.93. The molecule has 7 rings (SSSR count).